The summed E-state index contributed by atoms with van der Waals surface area (Å²) in [6.07, 6.45) is 1.78. The van der Waals surface area contributed by atoms with Gasteiger partial charge >= 0.3 is 0 Å². The fourth-order valence-corrected chi connectivity index (χ4v) is 1.44. The van der Waals surface area contributed by atoms with Crippen molar-refractivity contribution >= 4 is 5.91 Å². The quantitative estimate of drug-likeness (QED) is 0.765. The highest BCUT2D eigenvalue weighted by Crippen LogP contribution is 1.98. The maximum atomic E-state index is 11.5. The number of pyridine rings is 1. The minimum Gasteiger partial charge on any atom is -0.353 e. The van der Waals surface area contributed by atoms with E-state index in [1.807, 2.05) is 25.2 Å². The number of hydrogen-bond donors (Lipinski definition) is 2. The van der Waals surface area contributed by atoms with Crippen molar-refractivity contribution in [2.75, 3.05) is 20.1 Å². The smallest absolute Gasteiger partial charge is 0.239 e. The Balaban J connectivity index is 2.26. The van der Waals surface area contributed by atoms with Gasteiger partial charge < -0.3 is 11.1 Å². The highest BCUT2D eigenvalue weighted by molar-refractivity contribution is 5.84. The van der Waals surface area contributed by atoms with Crippen molar-refractivity contribution in [2.45, 2.75) is 25.9 Å². The molecule has 0 saturated heterocycles. The third-order valence-electron chi connectivity index (χ3n) is 2.52. The molecule has 1 aromatic rings. The van der Waals surface area contributed by atoms with Gasteiger partial charge in [0.2, 0.25) is 5.91 Å². The summed E-state index contributed by atoms with van der Waals surface area (Å²) in [6.45, 7) is 5.50. The van der Waals surface area contributed by atoms with E-state index in [2.05, 4.69) is 15.2 Å². The second kappa shape index (κ2) is 6.47. The average Bonchev–Trinajstić information content (AvgIpc) is 2.28. The Hall–Kier alpha value is -1.46. The number of rotatable bonds is 6. The SMILES string of the molecule is CN(CCNC(=O)C(C)(C)N)Cc1ccccn1. The van der Waals surface area contributed by atoms with Crippen LogP contribution >= 0.6 is 0 Å². The lowest BCUT2D eigenvalue weighted by Crippen LogP contribution is -2.50. The van der Waals surface area contributed by atoms with Gasteiger partial charge in [0.15, 0.2) is 0 Å². The molecular weight excluding hydrogens is 228 g/mol. The molecule has 0 saturated carbocycles. The molecule has 18 heavy (non-hydrogen) atoms. The fraction of sp³-hybridized carbons (Fsp3) is 0.538. The lowest BCUT2D eigenvalue weighted by molar-refractivity contribution is -0.125. The molecule has 0 aliphatic heterocycles. The fourth-order valence-electron chi connectivity index (χ4n) is 1.44. The van der Waals surface area contributed by atoms with E-state index in [0.29, 0.717) is 6.54 Å². The molecule has 0 unspecified atom stereocenters. The molecule has 0 aliphatic rings. The molecule has 1 rings (SSSR count). The predicted molar refractivity (Wildman–Crippen MR) is 71.8 cm³/mol. The standard InChI is InChI=1S/C13H22N4O/c1-13(2,14)12(18)16-8-9-17(3)10-11-6-4-5-7-15-11/h4-7H,8-10,14H2,1-3H3,(H,16,18). The van der Waals surface area contributed by atoms with Gasteiger partial charge in [-0.1, -0.05) is 6.07 Å². The molecule has 100 valence electrons. The molecular formula is C13H22N4O. The van der Waals surface area contributed by atoms with Crippen molar-refractivity contribution < 1.29 is 4.79 Å². The van der Waals surface area contributed by atoms with Crippen molar-refractivity contribution in [3.05, 3.63) is 30.1 Å². The largest absolute Gasteiger partial charge is 0.353 e. The molecule has 0 fully saturated rings. The van der Waals surface area contributed by atoms with Gasteiger partial charge in [0.05, 0.1) is 11.2 Å². The van der Waals surface area contributed by atoms with Crippen LogP contribution in [0.2, 0.25) is 0 Å². The Morgan fingerprint density at radius 2 is 2.22 bits per heavy atom. The Labute approximate surface area is 108 Å². The lowest BCUT2D eigenvalue weighted by Gasteiger charge is -2.20. The molecule has 1 aromatic heterocycles. The predicted octanol–water partition coefficient (Wildman–Crippen LogP) is 0.367. The van der Waals surface area contributed by atoms with E-state index in [9.17, 15) is 4.79 Å². The summed E-state index contributed by atoms with van der Waals surface area (Å²) in [6, 6.07) is 5.85. The maximum absolute atomic E-state index is 11.5. The molecule has 0 aromatic carbocycles. The Kier molecular flexibility index (Phi) is 5.25. The molecule has 0 spiro atoms. The van der Waals surface area contributed by atoms with Crippen molar-refractivity contribution in [2.24, 2.45) is 5.73 Å². The zero-order chi connectivity index (χ0) is 13.6. The summed E-state index contributed by atoms with van der Waals surface area (Å²) in [4.78, 5) is 17.9. The van der Waals surface area contributed by atoms with Crippen LogP contribution in [0.3, 0.4) is 0 Å². The minimum absolute atomic E-state index is 0.131. The van der Waals surface area contributed by atoms with Gasteiger partial charge in [-0.2, -0.15) is 0 Å². The second-order valence-electron chi connectivity index (χ2n) is 5.04. The van der Waals surface area contributed by atoms with Crippen LogP contribution in [0.25, 0.3) is 0 Å². The highest BCUT2D eigenvalue weighted by Gasteiger charge is 2.20. The van der Waals surface area contributed by atoms with E-state index in [0.717, 1.165) is 18.8 Å². The zero-order valence-corrected chi connectivity index (χ0v) is 11.3. The second-order valence-corrected chi connectivity index (χ2v) is 5.04. The summed E-state index contributed by atoms with van der Waals surface area (Å²) in [5, 5.41) is 2.81. The monoisotopic (exact) mass is 250 g/mol. The van der Waals surface area contributed by atoms with Crippen LogP contribution in [0.4, 0.5) is 0 Å². The Bertz CT molecular complexity index is 372. The molecule has 1 heterocycles. The first-order valence-corrected chi connectivity index (χ1v) is 6.05. The van der Waals surface area contributed by atoms with Crippen molar-refractivity contribution in [1.29, 1.82) is 0 Å². The van der Waals surface area contributed by atoms with Gasteiger partial charge in [-0.3, -0.25) is 14.7 Å². The van der Waals surface area contributed by atoms with Crippen LogP contribution in [0.5, 0.6) is 0 Å². The van der Waals surface area contributed by atoms with E-state index in [1.165, 1.54) is 0 Å². The van der Waals surface area contributed by atoms with Gasteiger partial charge in [-0.15, -0.1) is 0 Å². The number of nitrogens with one attached hydrogen (secondary N) is 1. The first-order valence-electron chi connectivity index (χ1n) is 6.05. The minimum atomic E-state index is -0.820. The van der Waals surface area contributed by atoms with Crippen LogP contribution < -0.4 is 11.1 Å². The van der Waals surface area contributed by atoms with E-state index < -0.39 is 5.54 Å². The van der Waals surface area contributed by atoms with Crippen LogP contribution in [-0.4, -0.2) is 41.5 Å². The van der Waals surface area contributed by atoms with Gasteiger partial charge in [0.25, 0.3) is 0 Å². The number of nitrogens with zero attached hydrogens (tertiary/aromatic N) is 2. The Morgan fingerprint density at radius 3 is 2.78 bits per heavy atom. The number of carbonyl (C=O) groups is 1. The molecule has 5 heteroatoms. The lowest BCUT2D eigenvalue weighted by atomic mass is 10.1. The molecule has 0 aliphatic carbocycles. The number of carbonyl (C=O) groups excluding carboxylic acids is 1. The zero-order valence-electron chi connectivity index (χ0n) is 11.3. The first-order chi connectivity index (χ1) is 8.39. The van der Waals surface area contributed by atoms with Crippen molar-refractivity contribution in [3.63, 3.8) is 0 Å². The van der Waals surface area contributed by atoms with Crippen molar-refractivity contribution in [3.8, 4) is 0 Å². The Morgan fingerprint density at radius 1 is 1.50 bits per heavy atom. The summed E-state index contributed by atoms with van der Waals surface area (Å²) in [5.74, 6) is -0.131. The molecule has 0 atom stereocenters. The molecule has 5 nitrogen and oxygen atoms in total. The first kappa shape index (κ1) is 14.6. The molecule has 0 radical (unpaired) electrons. The normalized spacial score (nSPS) is 11.6. The molecule has 3 N–H and O–H groups in total. The van der Waals surface area contributed by atoms with Gasteiger partial charge in [0.1, 0.15) is 0 Å². The van der Waals surface area contributed by atoms with E-state index in [-0.39, 0.29) is 5.91 Å². The summed E-state index contributed by atoms with van der Waals surface area (Å²) in [7, 11) is 1.99. The maximum Gasteiger partial charge on any atom is 0.239 e. The summed E-state index contributed by atoms with van der Waals surface area (Å²) >= 11 is 0. The average molecular weight is 250 g/mol. The van der Waals surface area contributed by atoms with Crippen LogP contribution in [-0.2, 0) is 11.3 Å². The number of likely N-dealkylation sites (N-methyl/N-ethyl adjacent to an activating group) is 1. The van der Waals surface area contributed by atoms with Gasteiger partial charge in [-0.05, 0) is 33.0 Å². The van der Waals surface area contributed by atoms with E-state index in [4.69, 9.17) is 5.73 Å². The van der Waals surface area contributed by atoms with Crippen molar-refractivity contribution in [1.82, 2.24) is 15.2 Å². The highest BCUT2D eigenvalue weighted by atomic mass is 16.2. The molecule has 1 amide bonds. The van der Waals surface area contributed by atoms with Gasteiger partial charge in [0, 0.05) is 25.8 Å². The van der Waals surface area contributed by atoms with E-state index in [1.54, 1.807) is 20.0 Å². The number of hydrogen-bond acceptors (Lipinski definition) is 4. The van der Waals surface area contributed by atoms with Crippen LogP contribution in [0.1, 0.15) is 19.5 Å². The third-order valence-corrected chi connectivity index (χ3v) is 2.52. The number of nitrogens with two attached hydrogens (primary N) is 1. The van der Waals surface area contributed by atoms with Gasteiger partial charge in [-0.25, -0.2) is 0 Å². The summed E-state index contributed by atoms with van der Waals surface area (Å²) in [5.41, 5.74) is 5.88. The third kappa shape index (κ3) is 5.25. The van der Waals surface area contributed by atoms with Crippen LogP contribution in [0.15, 0.2) is 24.4 Å². The number of amides is 1. The number of aromatic nitrogens is 1. The summed E-state index contributed by atoms with van der Waals surface area (Å²) < 4.78 is 0. The van der Waals surface area contributed by atoms with Crippen LogP contribution in [0, 0.1) is 0 Å². The topological polar surface area (TPSA) is 71.2 Å². The van der Waals surface area contributed by atoms with E-state index >= 15 is 0 Å². The molecule has 0 bridgehead atoms.